The number of amides is 2. The smallest absolute Gasteiger partial charge is 0.248 e. The van der Waals surface area contributed by atoms with Gasteiger partial charge in [-0.3, -0.25) is 15.0 Å². The number of carbonyl (C=O) groups is 2. The number of nitrogens with zero attached hydrogens (tertiary/aromatic N) is 2. The summed E-state index contributed by atoms with van der Waals surface area (Å²) in [6, 6.07) is 16.5. The molecule has 0 spiro atoms. The third-order valence-corrected chi connectivity index (χ3v) is 6.77. The molecule has 6 nitrogen and oxygen atoms in total. The molecule has 2 aromatic carbocycles. The highest BCUT2D eigenvalue weighted by Gasteiger charge is 2.58. The van der Waals surface area contributed by atoms with E-state index in [1.807, 2.05) is 19.1 Å². The molecule has 2 aromatic rings. The van der Waals surface area contributed by atoms with Crippen LogP contribution in [0, 0.1) is 35.5 Å². The van der Waals surface area contributed by atoms with Gasteiger partial charge in [-0.2, -0.15) is 5.26 Å². The molecule has 2 aliphatic rings. The van der Waals surface area contributed by atoms with Crippen LogP contribution < -0.4 is 9.64 Å². The van der Waals surface area contributed by atoms with Gasteiger partial charge in [0.15, 0.2) is 0 Å². The number of anilines is 1. The van der Waals surface area contributed by atoms with Crippen LogP contribution in [-0.2, 0) is 9.59 Å². The van der Waals surface area contributed by atoms with Crippen molar-refractivity contribution in [3.63, 3.8) is 0 Å². The Kier molecular flexibility index (Phi) is 4.89. The minimum atomic E-state index is -0.774. The number of ether oxygens (including phenoxy) is 1. The van der Waals surface area contributed by atoms with E-state index in [2.05, 4.69) is 6.07 Å². The molecule has 29 heavy (non-hydrogen) atoms. The standard InChI is InChI=1S/C22H19N3O3S/c1-12-3-7-14(8-4-12)25-21(26)18-17(13-5-9-15(28-2)10-6-13)16(11-23)20(24)29-19(18)22(25)27/h3-10,16-19,24H,1-2H3. The lowest BCUT2D eigenvalue weighted by molar-refractivity contribution is -0.122. The molecule has 2 saturated heterocycles. The highest BCUT2D eigenvalue weighted by molar-refractivity contribution is 8.15. The highest BCUT2D eigenvalue weighted by Crippen LogP contribution is 2.50. The van der Waals surface area contributed by atoms with Gasteiger partial charge in [0.05, 0.1) is 29.8 Å². The molecule has 2 fully saturated rings. The van der Waals surface area contributed by atoms with Crippen molar-refractivity contribution in [2.45, 2.75) is 18.1 Å². The summed E-state index contributed by atoms with van der Waals surface area (Å²) in [6.45, 7) is 1.94. The van der Waals surface area contributed by atoms with Crippen molar-refractivity contribution >= 4 is 34.3 Å². The highest BCUT2D eigenvalue weighted by atomic mass is 32.2. The minimum Gasteiger partial charge on any atom is -0.497 e. The molecule has 1 N–H and O–H groups in total. The van der Waals surface area contributed by atoms with Gasteiger partial charge in [0, 0.05) is 5.92 Å². The van der Waals surface area contributed by atoms with E-state index in [9.17, 15) is 14.9 Å². The van der Waals surface area contributed by atoms with E-state index in [1.54, 1.807) is 43.5 Å². The second-order valence-corrected chi connectivity index (χ2v) is 8.37. The molecular weight excluding hydrogens is 386 g/mol. The van der Waals surface area contributed by atoms with Crippen molar-refractivity contribution in [3.05, 3.63) is 59.7 Å². The average Bonchev–Trinajstić information content (AvgIpc) is 2.97. The van der Waals surface area contributed by atoms with Gasteiger partial charge >= 0.3 is 0 Å². The molecule has 2 aliphatic heterocycles. The molecule has 4 rings (SSSR count). The minimum absolute atomic E-state index is 0.126. The number of carbonyl (C=O) groups excluding carboxylic acids is 2. The Morgan fingerprint density at radius 2 is 1.69 bits per heavy atom. The van der Waals surface area contributed by atoms with E-state index in [0.717, 1.165) is 22.9 Å². The SMILES string of the molecule is COc1ccc(C2C(C#N)C(=N)SC3C(=O)N(c4ccc(C)cc4)C(=O)C32)cc1. The summed E-state index contributed by atoms with van der Waals surface area (Å²) in [4.78, 5) is 27.7. The summed E-state index contributed by atoms with van der Waals surface area (Å²) in [7, 11) is 1.56. The van der Waals surface area contributed by atoms with Gasteiger partial charge in [-0.05, 0) is 36.8 Å². The van der Waals surface area contributed by atoms with E-state index in [1.165, 1.54) is 4.90 Å². The zero-order chi connectivity index (χ0) is 20.7. The predicted octanol–water partition coefficient (Wildman–Crippen LogP) is 3.51. The molecule has 0 aromatic heterocycles. The van der Waals surface area contributed by atoms with Crippen molar-refractivity contribution in [3.8, 4) is 11.8 Å². The largest absolute Gasteiger partial charge is 0.497 e. The Labute approximate surface area is 173 Å². The van der Waals surface area contributed by atoms with Crippen molar-refractivity contribution in [2.24, 2.45) is 11.8 Å². The first-order valence-electron chi connectivity index (χ1n) is 9.19. The number of nitrogens with one attached hydrogen (secondary N) is 1. The summed E-state index contributed by atoms with van der Waals surface area (Å²) in [5.41, 5.74) is 2.31. The molecule has 2 heterocycles. The molecule has 146 valence electrons. The number of hydrogen-bond donors (Lipinski definition) is 1. The molecule has 0 aliphatic carbocycles. The Morgan fingerprint density at radius 1 is 1.03 bits per heavy atom. The van der Waals surface area contributed by atoms with Gasteiger partial charge in [-0.25, -0.2) is 4.90 Å². The van der Waals surface area contributed by atoms with Gasteiger partial charge in [-0.15, -0.1) is 0 Å². The Hall–Kier alpha value is -3.11. The first-order valence-corrected chi connectivity index (χ1v) is 10.1. The Morgan fingerprint density at radius 3 is 2.28 bits per heavy atom. The number of nitriles is 1. The molecule has 4 unspecified atom stereocenters. The molecular formula is C22H19N3O3S. The van der Waals surface area contributed by atoms with Gasteiger partial charge in [0.1, 0.15) is 16.9 Å². The van der Waals surface area contributed by atoms with Crippen molar-refractivity contribution in [2.75, 3.05) is 12.0 Å². The zero-order valence-electron chi connectivity index (χ0n) is 16.0. The molecule has 4 atom stereocenters. The van der Waals surface area contributed by atoms with E-state index >= 15 is 0 Å². The van der Waals surface area contributed by atoms with Gasteiger partial charge in [0.2, 0.25) is 11.8 Å². The molecule has 2 amide bonds. The summed E-state index contributed by atoms with van der Waals surface area (Å²) in [5, 5.41) is 17.5. The van der Waals surface area contributed by atoms with Crippen LogP contribution in [-0.4, -0.2) is 29.2 Å². The van der Waals surface area contributed by atoms with Crippen LogP contribution >= 0.6 is 11.8 Å². The zero-order valence-corrected chi connectivity index (χ0v) is 16.8. The maximum Gasteiger partial charge on any atom is 0.248 e. The van der Waals surface area contributed by atoms with Crippen LogP contribution in [0.2, 0.25) is 0 Å². The lowest BCUT2D eigenvalue weighted by Crippen LogP contribution is -2.39. The van der Waals surface area contributed by atoms with Crippen molar-refractivity contribution < 1.29 is 14.3 Å². The van der Waals surface area contributed by atoms with Crippen LogP contribution in [0.3, 0.4) is 0 Å². The molecule has 0 radical (unpaired) electrons. The summed E-state index contributed by atoms with van der Waals surface area (Å²) >= 11 is 1.03. The lowest BCUT2D eigenvalue weighted by atomic mass is 9.76. The number of thioether (sulfide) groups is 1. The second-order valence-electron chi connectivity index (χ2n) is 7.18. The van der Waals surface area contributed by atoms with Crippen LogP contribution in [0.4, 0.5) is 5.69 Å². The third kappa shape index (κ3) is 3.10. The van der Waals surface area contributed by atoms with Gasteiger partial charge < -0.3 is 4.74 Å². The van der Waals surface area contributed by atoms with E-state index in [-0.39, 0.29) is 16.9 Å². The van der Waals surface area contributed by atoms with Crippen molar-refractivity contribution in [1.82, 2.24) is 0 Å². The van der Waals surface area contributed by atoms with Crippen LogP contribution in [0.15, 0.2) is 48.5 Å². The third-order valence-electron chi connectivity index (χ3n) is 5.51. The normalized spacial score (nSPS) is 26.2. The van der Waals surface area contributed by atoms with Gasteiger partial charge in [0.25, 0.3) is 0 Å². The fraction of sp³-hybridized carbons (Fsp3) is 0.273. The lowest BCUT2D eigenvalue weighted by Gasteiger charge is -2.34. The van der Waals surface area contributed by atoms with Gasteiger partial charge in [-0.1, -0.05) is 41.6 Å². The number of fused-ring (bicyclic) bond motifs is 1. The van der Waals surface area contributed by atoms with Crippen LogP contribution in [0.25, 0.3) is 0 Å². The Balaban J connectivity index is 1.79. The Bertz CT molecular complexity index is 1030. The summed E-state index contributed by atoms with van der Waals surface area (Å²) in [6.07, 6.45) is 0. The topological polar surface area (TPSA) is 94.2 Å². The number of imide groups is 1. The first kappa shape index (κ1) is 19.2. The van der Waals surface area contributed by atoms with E-state index in [4.69, 9.17) is 10.1 Å². The number of aryl methyl sites for hydroxylation is 1. The molecule has 0 bridgehead atoms. The number of hydrogen-bond acceptors (Lipinski definition) is 6. The summed E-state index contributed by atoms with van der Waals surface area (Å²) in [5.74, 6) is -2.01. The maximum absolute atomic E-state index is 13.4. The van der Waals surface area contributed by atoms with Crippen LogP contribution in [0.5, 0.6) is 5.75 Å². The van der Waals surface area contributed by atoms with E-state index < -0.39 is 23.0 Å². The quantitative estimate of drug-likeness (QED) is 0.789. The average molecular weight is 405 g/mol. The van der Waals surface area contributed by atoms with E-state index in [0.29, 0.717) is 11.4 Å². The first-order chi connectivity index (χ1) is 14.0. The van der Waals surface area contributed by atoms with Crippen LogP contribution in [0.1, 0.15) is 17.0 Å². The second kappa shape index (κ2) is 7.37. The van der Waals surface area contributed by atoms with Crippen molar-refractivity contribution in [1.29, 1.82) is 10.7 Å². The predicted molar refractivity (Wildman–Crippen MR) is 111 cm³/mol. The maximum atomic E-state index is 13.4. The molecule has 0 saturated carbocycles. The fourth-order valence-electron chi connectivity index (χ4n) is 4.03. The molecule has 7 heteroatoms. The fourth-order valence-corrected chi connectivity index (χ4v) is 5.29. The number of benzene rings is 2. The monoisotopic (exact) mass is 405 g/mol. The summed E-state index contributed by atoms with van der Waals surface area (Å²) < 4.78 is 5.20. The number of rotatable bonds is 3. The number of methoxy groups -OCH3 is 1.